The number of rotatable bonds is 5. The van der Waals surface area contributed by atoms with Crippen LogP contribution in [0.1, 0.15) is 30.1 Å². The van der Waals surface area contributed by atoms with Gasteiger partial charge in [-0.2, -0.15) is 0 Å². The van der Waals surface area contributed by atoms with Gasteiger partial charge in [-0.05, 0) is 12.8 Å². The van der Waals surface area contributed by atoms with Gasteiger partial charge < -0.3 is 15.2 Å². The Morgan fingerprint density at radius 2 is 2.10 bits per heavy atom. The zero-order valence-corrected chi connectivity index (χ0v) is 11.7. The van der Waals surface area contributed by atoms with E-state index in [9.17, 15) is 4.79 Å². The Bertz CT molecular complexity index is 594. The average Bonchev–Trinajstić information content (AvgIpc) is 2.81. The Kier molecular flexibility index (Phi) is 4.29. The SMILES string of the molecule is Cc1cc(Nc2cc(C(=O)NCC(C)C)ncn2)no1. The third-order valence-electron chi connectivity index (χ3n) is 2.45. The van der Waals surface area contributed by atoms with E-state index in [1.807, 2.05) is 13.8 Å². The summed E-state index contributed by atoms with van der Waals surface area (Å²) in [6.07, 6.45) is 1.33. The van der Waals surface area contributed by atoms with E-state index in [1.165, 1.54) is 6.33 Å². The molecule has 2 aromatic rings. The summed E-state index contributed by atoms with van der Waals surface area (Å²) in [5, 5.41) is 9.55. The van der Waals surface area contributed by atoms with Crippen molar-refractivity contribution >= 4 is 17.5 Å². The van der Waals surface area contributed by atoms with Gasteiger partial charge in [0, 0.05) is 18.7 Å². The van der Waals surface area contributed by atoms with Gasteiger partial charge in [0.2, 0.25) is 0 Å². The Morgan fingerprint density at radius 1 is 1.30 bits per heavy atom. The molecule has 2 rings (SSSR count). The Morgan fingerprint density at radius 3 is 2.75 bits per heavy atom. The summed E-state index contributed by atoms with van der Waals surface area (Å²) in [4.78, 5) is 19.9. The maximum absolute atomic E-state index is 11.9. The summed E-state index contributed by atoms with van der Waals surface area (Å²) < 4.78 is 4.94. The molecule has 0 saturated heterocycles. The number of hydrogen-bond acceptors (Lipinski definition) is 6. The third-order valence-corrected chi connectivity index (χ3v) is 2.45. The van der Waals surface area contributed by atoms with Gasteiger partial charge in [-0.15, -0.1) is 0 Å². The van der Waals surface area contributed by atoms with Crippen LogP contribution in [0.5, 0.6) is 0 Å². The van der Waals surface area contributed by atoms with E-state index in [0.717, 1.165) is 0 Å². The summed E-state index contributed by atoms with van der Waals surface area (Å²) in [5.41, 5.74) is 0.309. The van der Waals surface area contributed by atoms with Crippen LogP contribution in [-0.4, -0.2) is 27.6 Å². The van der Waals surface area contributed by atoms with Crippen molar-refractivity contribution in [2.45, 2.75) is 20.8 Å². The molecule has 0 fully saturated rings. The Balaban J connectivity index is 2.05. The van der Waals surface area contributed by atoms with Crippen molar-refractivity contribution in [3.05, 3.63) is 29.9 Å². The molecule has 0 radical (unpaired) electrons. The molecule has 0 aliphatic rings. The van der Waals surface area contributed by atoms with Gasteiger partial charge in [-0.25, -0.2) is 9.97 Å². The molecule has 2 N–H and O–H groups in total. The van der Waals surface area contributed by atoms with Crippen LogP contribution in [0, 0.1) is 12.8 Å². The summed E-state index contributed by atoms with van der Waals surface area (Å²) in [7, 11) is 0. The molecule has 2 aromatic heterocycles. The molecule has 0 aliphatic carbocycles. The normalized spacial score (nSPS) is 10.6. The van der Waals surface area contributed by atoms with Crippen LogP contribution in [0.25, 0.3) is 0 Å². The van der Waals surface area contributed by atoms with Crippen molar-refractivity contribution in [2.75, 3.05) is 11.9 Å². The predicted molar refractivity (Wildman–Crippen MR) is 73.7 cm³/mol. The van der Waals surface area contributed by atoms with Gasteiger partial charge >= 0.3 is 0 Å². The highest BCUT2D eigenvalue weighted by Gasteiger charge is 2.10. The number of nitrogens with one attached hydrogen (secondary N) is 2. The molecule has 0 saturated carbocycles. The second-order valence-electron chi connectivity index (χ2n) is 4.84. The van der Waals surface area contributed by atoms with Gasteiger partial charge in [0.25, 0.3) is 5.91 Å². The zero-order chi connectivity index (χ0) is 14.5. The van der Waals surface area contributed by atoms with Gasteiger partial charge in [-0.3, -0.25) is 4.79 Å². The highest BCUT2D eigenvalue weighted by Crippen LogP contribution is 2.14. The molecule has 0 aromatic carbocycles. The fourth-order valence-corrected chi connectivity index (χ4v) is 1.49. The maximum atomic E-state index is 11.9. The third kappa shape index (κ3) is 3.78. The van der Waals surface area contributed by atoms with Crippen LogP contribution >= 0.6 is 0 Å². The number of carbonyl (C=O) groups is 1. The number of anilines is 2. The minimum absolute atomic E-state index is 0.222. The lowest BCUT2D eigenvalue weighted by Crippen LogP contribution is -2.28. The second kappa shape index (κ2) is 6.14. The highest BCUT2D eigenvalue weighted by atomic mass is 16.5. The fourth-order valence-electron chi connectivity index (χ4n) is 1.49. The first-order valence-electron chi connectivity index (χ1n) is 6.35. The van der Waals surface area contributed by atoms with E-state index >= 15 is 0 Å². The van der Waals surface area contributed by atoms with Crippen molar-refractivity contribution in [1.82, 2.24) is 20.4 Å². The largest absolute Gasteiger partial charge is 0.360 e. The first kappa shape index (κ1) is 14.0. The second-order valence-corrected chi connectivity index (χ2v) is 4.84. The Labute approximate surface area is 116 Å². The van der Waals surface area contributed by atoms with Crippen LogP contribution in [0.3, 0.4) is 0 Å². The zero-order valence-electron chi connectivity index (χ0n) is 11.7. The number of aryl methyl sites for hydroxylation is 1. The van der Waals surface area contributed by atoms with Crippen molar-refractivity contribution in [2.24, 2.45) is 5.92 Å². The summed E-state index contributed by atoms with van der Waals surface area (Å²) in [6, 6.07) is 3.31. The fraction of sp³-hybridized carbons (Fsp3) is 0.385. The van der Waals surface area contributed by atoms with E-state index < -0.39 is 0 Å². The van der Waals surface area contributed by atoms with Crippen molar-refractivity contribution in [1.29, 1.82) is 0 Å². The number of carbonyl (C=O) groups excluding carboxylic acids is 1. The van der Waals surface area contributed by atoms with E-state index in [4.69, 9.17) is 4.52 Å². The molecule has 0 aliphatic heterocycles. The molecule has 7 heteroatoms. The molecular weight excluding hydrogens is 258 g/mol. The van der Waals surface area contributed by atoms with Crippen LogP contribution in [0.2, 0.25) is 0 Å². The lowest BCUT2D eigenvalue weighted by molar-refractivity contribution is 0.0944. The van der Waals surface area contributed by atoms with E-state index in [2.05, 4.69) is 25.8 Å². The average molecular weight is 275 g/mol. The molecular formula is C13H17N5O2. The summed E-state index contributed by atoms with van der Waals surface area (Å²) in [5.74, 6) is 1.88. The maximum Gasteiger partial charge on any atom is 0.270 e. The minimum Gasteiger partial charge on any atom is -0.360 e. The summed E-state index contributed by atoms with van der Waals surface area (Å²) in [6.45, 7) is 6.46. The molecule has 1 amide bonds. The van der Waals surface area contributed by atoms with Crippen molar-refractivity contribution in [3.8, 4) is 0 Å². The van der Waals surface area contributed by atoms with E-state index in [1.54, 1.807) is 19.1 Å². The van der Waals surface area contributed by atoms with E-state index in [-0.39, 0.29) is 5.91 Å². The number of hydrogen-bond donors (Lipinski definition) is 2. The van der Waals surface area contributed by atoms with Crippen molar-refractivity contribution in [3.63, 3.8) is 0 Å². The van der Waals surface area contributed by atoms with Crippen LogP contribution < -0.4 is 10.6 Å². The molecule has 0 unspecified atom stereocenters. The number of aromatic nitrogens is 3. The van der Waals surface area contributed by atoms with Crippen LogP contribution in [0.15, 0.2) is 23.0 Å². The highest BCUT2D eigenvalue weighted by molar-refractivity contribution is 5.92. The topological polar surface area (TPSA) is 92.9 Å². The molecule has 0 bridgehead atoms. The summed E-state index contributed by atoms with van der Waals surface area (Å²) >= 11 is 0. The lowest BCUT2D eigenvalue weighted by atomic mass is 10.2. The molecule has 0 spiro atoms. The van der Waals surface area contributed by atoms with Gasteiger partial charge in [0.05, 0.1) is 0 Å². The van der Waals surface area contributed by atoms with Crippen LogP contribution in [0.4, 0.5) is 11.6 Å². The monoisotopic (exact) mass is 275 g/mol. The van der Waals surface area contributed by atoms with Crippen molar-refractivity contribution < 1.29 is 9.32 Å². The molecule has 0 atom stereocenters. The molecule has 20 heavy (non-hydrogen) atoms. The number of amides is 1. The van der Waals surface area contributed by atoms with Gasteiger partial charge in [-0.1, -0.05) is 19.0 Å². The van der Waals surface area contributed by atoms with Gasteiger partial charge in [0.1, 0.15) is 23.6 Å². The van der Waals surface area contributed by atoms with Crippen LogP contribution in [-0.2, 0) is 0 Å². The minimum atomic E-state index is -0.222. The first-order chi connectivity index (χ1) is 9.54. The standard InChI is InChI=1S/C13H17N5O2/c1-8(2)6-14-13(19)10-5-11(16-7-15-10)17-12-4-9(3)20-18-12/h4-5,7-8H,6H2,1-3H3,(H,14,19)(H,15,16,17,18). The van der Waals surface area contributed by atoms with Gasteiger partial charge in [0.15, 0.2) is 5.82 Å². The predicted octanol–water partition coefficient (Wildman–Crippen LogP) is 1.90. The first-order valence-corrected chi connectivity index (χ1v) is 6.35. The Hall–Kier alpha value is -2.44. The quantitative estimate of drug-likeness (QED) is 0.865. The number of nitrogens with zero attached hydrogens (tertiary/aromatic N) is 3. The molecule has 106 valence electrons. The lowest BCUT2D eigenvalue weighted by Gasteiger charge is -2.07. The smallest absolute Gasteiger partial charge is 0.270 e. The molecule has 7 nitrogen and oxygen atoms in total. The molecule has 2 heterocycles. The van der Waals surface area contributed by atoms with E-state index in [0.29, 0.717) is 35.6 Å².